The molecule has 188 valence electrons. The lowest BCUT2D eigenvalue weighted by Gasteiger charge is -2.24. The number of halogens is 1. The van der Waals surface area contributed by atoms with Crippen LogP contribution in [0.15, 0.2) is 36.7 Å². The SMILES string of the molecule is COc1c(Cl)cccc1Nc1c(-c2ccncc2OC[C@@H]2CCCN2C(C)=O)[nH]c2c1C(=O)NCC2. The Bertz CT molecular complexity index is 1310. The normalized spacial score (nSPS) is 16.9. The molecule has 1 aromatic carbocycles. The summed E-state index contributed by atoms with van der Waals surface area (Å²) in [7, 11) is 1.55. The van der Waals surface area contributed by atoms with Gasteiger partial charge in [-0.3, -0.25) is 14.6 Å². The van der Waals surface area contributed by atoms with Crippen LogP contribution in [0.2, 0.25) is 5.02 Å². The summed E-state index contributed by atoms with van der Waals surface area (Å²) >= 11 is 6.35. The number of likely N-dealkylation sites (tertiary alicyclic amines) is 1. The minimum Gasteiger partial charge on any atom is -0.493 e. The second-order valence-electron chi connectivity index (χ2n) is 8.87. The first-order valence-corrected chi connectivity index (χ1v) is 12.3. The van der Waals surface area contributed by atoms with Gasteiger partial charge in [-0.05, 0) is 31.0 Å². The number of methoxy groups -OCH3 is 1. The van der Waals surface area contributed by atoms with Crippen molar-refractivity contribution >= 4 is 34.8 Å². The predicted octanol–water partition coefficient (Wildman–Crippen LogP) is 4.16. The lowest BCUT2D eigenvalue weighted by Crippen LogP contribution is -2.37. The number of nitrogens with zero attached hydrogens (tertiary/aromatic N) is 2. The van der Waals surface area contributed by atoms with Gasteiger partial charge in [-0.2, -0.15) is 0 Å². The summed E-state index contributed by atoms with van der Waals surface area (Å²) in [4.78, 5) is 34.5. The molecular weight excluding hydrogens is 482 g/mol. The molecule has 3 N–H and O–H groups in total. The fourth-order valence-electron chi connectivity index (χ4n) is 4.97. The number of rotatable bonds is 7. The minimum atomic E-state index is -0.165. The van der Waals surface area contributed by atoms with Gasteiger partial charge in [-0.25, -0.2) is 0 Å². The minimum absolute atomic E-state index is 0.0199. The van der Waals surface area contributed by atoms with Gasteiger partial charge >= 0.3 is 0 Å². The van der Waals surface area contributed by atoms with Gasteiger partial charge in [-0.15, -0.1) is 0 Å². The van der Waals surface area contributed by atoms with Crippen LogP contribution in [0.3, 0.4) is 0 Å². The van der Waals surface area contributed by atoms with E-state index in [4.69, 9.17) is 21.1 Å². The number of aromatic nitrogens is 2. The first-order chi connectivity index (χ1) is 17.5. The van der Waals surface area contributed by atoms with Crippen LogP contribution in [-0.4, -0.2) is 59.5 Å². The van der Waals surface area contributed by atoms with Crippen LogP contribution in [0.25, 0.3) is 11.3 Å². The number of carbonyl (C=O) groups excluding carboxylic acids is 2. The van der Waals surface area contributed by atoms with E-state index in [-0.39, 0.29) is 17.9 Å². The maximum Gasteiger partial charge on any atom is 0.255 e. The van der Waals surface area contributed by atoms with Crippen molar-refractivity contribution in [2.24, 2.45) is 0 Å². The second-order valence-corrected chi connectivity index (χ2v) is 9.28. The number of H-pyrrole nitrogens is 1. The third-order valence-electron chi connectivity index (χ3n) is 6.66. The summed E-state index contributed by atoms with van der Waals surface area (Å²) in [5, 5.41) is 6.77. The van der Waals surface area contributed by atoms with E-state index in [2.05, 4.69) is 20.6 Å². The van der Waals surface area contributed by atoms with Gasteiger partial charge in [0.25, 0.3) is 5.91 Å². The number of anilines is 2. The van der Waals surface area contributed by atoms with Crippen LogP contribution in [0.1, 0.15) is 35.8 Å². The number of fused-ring (bicyclic) bond motifs is 1. The van der Waals surface area contributed by atoms with Crippen molar-refractivity contribution < 1.29 is 19.1 Å². The van der Waals surface area contributed by atoms with Crippen molar-refractivity contribution in [3.63, 3.8) is 0 Å². The molecule has 4 heterocycles. The number of amides is 2. The van der Waals surface area contributed by atoms with Gasteiger partial charge in [0, 0.05) is 43.9 Å². The fourth-order valence-corrected chi connectivity index (χ4v) is 5.22. The molecule has 0 bridgehead atoms. The van der Waals surface area contributed by atoms with Gasteiger partial charge < -0.3 is 30.0 Å². The van der Waals surface area contributed by atoms with Crippen molar-refractivity contribution in [2.45, 2.75) is 32.2 Å². The molecule has 2 aliphatic rings. The number of aromatic amines is 1. The predicted molar refractivity (Wildman–Crippen MR) is 137 cm³/mol. The second kappa shape index (κ2) is 10.1. The standard InChI is InChI=1S/C26H28ClN5O4/c1-15(33)32-12-4-5-16(32)14-36-21-13-28-10-8-17(21)23-24(22-19(30-23)9-11-29-26(22)34)31-20-7-3-6-18(27)25(20)35-2/h3,6-8,10,13,16,30-31H,4-5,9,11-12,14H2,1-2H3,(H,29,34)/t16-/m0/s1. The monoisotopic (exact) mass is 509 g/mol. The molecule has 9 nitrogen and oxygen atoms in total. The summed E-state index contributed by atoms with van der Waals surface area (Å²) in [6.45, 7) is 3.25. The van der Waals surface area contributed by atoms with Crippen molar-refractivity contribution in [3.05, 3.63) is 52.9 Å². The van der Waals surface area contributed by atoms with Gasteiger partial charge in [0.2, 0.25) is 5.91 Å². The maximum atomic E-state index is 12.9. The van der Waals surface area contributed by atoms with E-state index in [1.165, 1.54) is 0 Å². The molecular formula is C26H28ClN5O4. The molecule has 10 heteroatoms. The Morgan fingerprint density at radius 3 is 3.00 bits per heavy atom. The number of ether oxygens (including phenoxy) is 2. The van der Waals surface area contributed by atoms with Gasteiger partial charge in [-0.1, -0.05) is 17.7 Å². The lowest BCUT2D eigenvalue weighted by atomic mass is 10.0. The average molecular weight is 510 g/mol. The number of benzene rings is 1. The Morgan fingerprint density at radius 1 is 1.33 bits per heavy atom. The molecule has 2 aromatic heterocycles. The van der Waals surface area contributed by atoms with Gasteiger partial charge in [0.15, 0.2) is 5.75 Å². The summed E-state index contributed by atoms with van der Waals surface area (Å²) in [5.41, 5.74) is 4.06. The van der Waals surface area contributed by atoms with Crippen molar-refractivity contribution in [2.75, 3.05) is 32.1 Å². The van der Waals surface area contributed by atoms with Crippen molar-refractivity contribution in [3.8, 4) is 22.8 Å². The number of hydrogen-bond acceptors (Lipinski definition) is 6. The number of pyridine rings is 1. The highest BCUT2D eigenvalue weighted by atomic mass is 35.5. The first kappa shape index (κ1) is 24.0. The summed E-state index contributed by atoms with van der Waals surface area (Å²) in [5.74, 6) is 0.931. The van der Waals surface area contributed by atoms with Crippen molar-refractivity contribution in [1.29, 1.82) is 0 Å². The molecule has 36 heavy (non-hydrogen) atoms. The molecule has 0 unspecified atom stereocenters. The van der Waals surface area contributed by atoms with Crippen LogP contribution in [-0.2, 0) is 11.2 Å². The van der Waals surface area contributed by atoms with Crippen LogP contribution in [0.5, 0.6) is 11.5 Å². The van der Waals surface area contributed by atoms with Crippen LogP contribution < -0.4 is 20.1 Å². The highest BCUT2D eigenvalue weighted by molar-refractivity contribution is 6.32. The molecule has 2 aliphatic heterocycles. The van der Waals surface area contributed by atoms with Gasteiger partial charge in [0.05, 0.1) is 47.0 Å². The van der Waals surface area contributed by atoms with Gasteiger partial charge in [0.1, 0.15) is 12.4 Å². The molecule has 5 rings (SSSR count). The highest BCUT2D eigenvalue weighted by Crippen LogP contribution is 2.43. The zero-order valence-corrected chi connectivity index (χ0v) is 20.9. The topological polar surface area (TPSA) is 109 Å². The van der Waals surface area contributed by atoms with Crippen LogP contribution in [0.4, 0.5) is 11.4 Å². The summed E-state index contributed by atoms with van der Waals surface area (Å²) in [6, 6.07) is 7.27. The van der Waals surface area contributed by atoms with E-state index in [1.54, 1.807) is 32.5 Å². The van der Waals surface area contributed by atoms with Crippen molar-refractivity contribution in [1.82, 2.24) is 20.2 Å². The largest absolute Gasteiger partial charge is 0.493 e. The Morgan fingerprint density at radius 2 is 2.19 bits per heavy atom. The Hall–Kier alpha value is -3.72. The molecule has 0 radical (unpaired) electrons. The molecule has 2 amide bonds. The Labute approximate surface area is 214 Å². The number of hydrogen-bond donors (Lipinski definition) is 3. The van der Waals surface area contributed by atoms with Crippen LogP contribution in [0, 0.1) is 0 Å². The number of para-hydroxylation sites is 1. The molecule has 1 atom stereocenters. The van der Waals surface area contributed by atoms with E-state index < -0.39 is 0 Å². The maximum absolute atomic E-state index is 12.9. The highest BCUT2D eigenvalue weighted by Gasteiger charge is 2.30. The lowest BCUT2D eigenvalue weighted by molar-refractivity contribution is -0.130. The van der Waals surface area contributed by atoms with Crippen LogP contribution >= 0.6 is 11.6 Å². The quantitative estimate of drug-likeness (QED) is 0.441. The third-order valence-corrected chi connectivity index (χ3v) is 6.96. The smallest absolute Gasteiger partial charge is 0.255 e. The Kier molecular flexibility index (Phi) is 6.73. The third kappa shape index (κ3) is 4.46. The van der Waals surface area contributed by atoms with E-state index in [1.807, 2.05) is 23.1 Å². The summed E-state index contributed by atoms with van der Waals surface area (Å²) in [6.07, 6.45) is 5.86. The number of nitrogens with one attached hydrogen (secondary N) is 3. The van der Waals surface area contributed by atoms with E-state index >= 15 is 0 Å². The van der Waals surface area contributed by atoms with E-state index in [0.717, 1.165) is 30.6 Å². The molecule has 3 aromatic rings. The molecule has 0 aliphatic carbocycles. The van der Waals surface area contributed by atoms with E-state index in [9.17, 15) is 9.59 Å². The first-order valence-electron chi connectivity index (χ1n) is 11.9. The molecule has 1 saturated heterocycles. The van der Waals surface area contributed by atoms with E-state index in [0.29, 0.717) is 58.7 Å². The zero-order chi connectivity index (χ0) is 25.2. The summed E-state index contributed by atoms with van der Waals surface area (Å²) < 4.78 is 11.8. The molecule has 0 saturated carbocycles. The average Bonchev–Trinajstić information content (AvgIpc) is 3.49. The molecule has 1 fully saturated rings. The Balaban J connectivity index is 1.54. The fraction of sp³-hybridized carbons (Fsp3) is 0.346. The molecule has 0 spiro atoms. The number of carbonyl (C=O) groups is 2. The zero-order valence-electron chi connectivity index (χ0n) is 20.2.